The topological polar surface area (TPSA) is 107 Å². The second kappa shape index (κ2) is 10.0. The maximum absolute atomic E-state index is 13.9. The van der Waals surface area contributed by atoms with Crippen LogP contribution in [0.4, 0.5) is 5.13 Å². The van der Waals surface area contributed by atoms with E-state index in [9.17, 15) is 4.79 Å². The lowest BCUT2D eigenvalue weighted by Gasteiger charge is -2.39. The van der Waals surface area contributed by atoms with Gasteiger partial charge in [0.05, 0.1) is 18.3 Å². The second-order valence-electron chi connectivity index (χ2n) is 13.1. The highest BCUT2D eigenvalue weighted by atomic mass is 32.1. The van der Waals surface area contributed by atoms with E-state index < -0.39 is 0 Å². The molecule has 44 heavy (non-hydrogen) atoms. The van der Waals surface area contributed by atoms with Gasteiger partial charge in [-0.25, -0.2) is 15.0 Å². The third-order valence-corrected chi connectivity index (χ3v) is 11.1. The number of likely N-dealkylation sites (tertiary alicyclic amines) is 1. The lowest BCUT2D eigenvalue weighted by atomic mass is 10.0. The monoisotopic (exact) mass is 608 g/mol. The lowest BCUT2D eigenvalue weighted by molar-refractivity contribution is 0.0700. The number of nitrogens with two attached hydrogens (primary N) is 1. The number of benzene rings is 1. The summed E-state index contributed by atoms with van der Waals surface area (Å²) in [6, 6.07) is 10.4. The Morgan fingerprint density at radius 3 is 2.61 bits per heavy atom. The third kappa shape index (κ3) is 4.16. The van der Waals surface area contributed by atoms with Crippen LogP contribution in [0.3, 0.4) is 0 Å². The smallest absolute Gasteiger partial charge is 0.254 e. The number of imidazole rings is 1. The number of pyridine rings is 1. The number of amides is 1. The first-order valence-corrected chi connectivity index (χ1v) is 16.7. The Balaban J connectivity index is 1.16. The summed E-state index contributed by atoms with van der Waals surface area (Å²) in [5.74, 6) is 3.10. The quantitative estimate of drug-likeness (QED) is 0.274. The van der Waals surface area contributed by atoms with Crippen LogP contribution in [0.25, 0.3) is 33.6 Å². The average molecular weight is 609 g/mol. The highest BCUT2D eigenvalue weighted by Gasteiger charge is 2.47. The first-order chi connectivity index (χ1) is 21.6. The number of fused-ring (bicyclic) bond motifs is 4. The van der Waals surface area contributed by atoms with Gasteiger partial charge in [-0.1, -0.05) is 0 Å². The van der Waals surface area contributed by atoms with E-state index >= 15 is 0 Å². The van der Waals surface area contributed by atoms with E-state index in [2.05, 4.69) is 31.2 Å². The predicted octanol–water partition coefficient (Wildman–Crippen LogP) is 4.63. The fraction of sp³-hybridized carbons (Fsp3) is 0.455. The Morgan fingerprint density at radius 2 is 1.89 bits per heavy atom. The number of carbonyl (C=O) groups is 1. The molecule has 10 nitrogen and oxygen atoms in total. The molecule has 11 heteroatoms. The van der Waals surface area contributed by atoms with Gasteiger partial charge in [0.1, 0.15) is 16.9 Å². The van der Waals surface area contributed by atoms with Gasteiger partial charge in [0.15, 0.2) is 11.0 Å². The Morgan fingerprint density at radius 1 is 1.02 bits per heavy atom. The Bertz CT molecular complexity index is 1890. The summed E-state index contributed by atoms with van der Waals surface area (Å²) >= 11 is 1.68. The van der Waals surface area contributed by atoms with Crippen molar-refractivity contribution in [3.8, 4) is 17.3 Å². The van der Waals surface area contributed by atoms with Crippen molar-refractivity contribution in [3.63, 3.8) is 0 Å². The molecule has 226 valence electrons. The van der Waals surface area contributed by atoms with Crippen LogP contribution in [0.15, 0.2) is 48.1 Å². The number of rotatable bonds is 8. The van der Waals surface area contributed by atoms with Crippen LogP contribution in [0, 0.1) is 17.8 Å². The summed E-state index contributed by atoms with van der Waals surface area (Å²) in [6.45, 7) is 4.33. The van der Waals surface area contributed by atoms with Crippen LogP contribution in [0.2, 0.25) is 0 Å². The molecular weight excluding hydrogens is 572 g/mol. The molecular formula is C33H36N8O2S. The number of thiazole rings is 1. The molecule has 0 unspecified atom stereocenters. The molecule has 0 radical (unpaired) electrons. The maximum atomic E-state index is 13.9. The van der Waals surface area contributed by atoms with Crippen molar-refractivity contribution in [2.24, 2.45) is 23.5 Å². The number of hydrogen-bond donors (Lipinski definition) is 1. The molecule has 2 saturated heterocycles. The van der Waals surface area contributed by atoms with E-state index in [1.165, 1.54) is 12.8 Å². The van der Waals surface area contributed by atoms with Crippen LogP contribution < -0.4 is 15.4 Å². The second-order valence-corrected chi connectivity index (χ2v) is 14.0. The molecule has 2 aliphatic carbocycles. The fourth-order valence-corrected chi connectivity index (χ4v) is 8.48. The SMILES string of the molecule is COc1cc(C(=O)N2C[C@H]3CC[C@@H]2[C@@H]3N)cc2nc(-c3cc4cccnc4n3CC3CC3)n(CC3CN(c4nccs4)C3)c12. The highest BCUT2D eigenvalue weighted by molar-refractivity contribution is 7.13. The Hall–Kier alpha value is -3.96. The lowest BCUT2D eigenvalue weighted by Crippen LogP contribution is -2.48. The minimum absolute atomic E-state index is 0.0223. The van der Waals surface area contributed by atoms with E-state index in [0.717, 1.165) is 84.3 Å². The molecule has 5 aromatic rings. The number of carbonyl (C=O) groups excluding carboxylic acids is 1. The summed E-state index contributed by atoms with van der Waals surface area (Å²) in [5, 5.41) is 4.22. The number of piperidine rings is 1. The molecule has 1 amide bonds. The number of nitrogens with zero attached hydrogens (tertiary/aromatic N) is 7. The molecule has 2 bridgehead atoms. The normalized spacial score (nSPS) is 23.3. The minimum atomic E-state index is 0.0223. The summed E-state index contributed by atoms with van der Waals surface area (Å²) in [6.07, 6.45) is 8.33. The van der Waals surface area contributed by atoms with Crippen molar-refractivity contribution in [2.45, 2.75) is 50.9 Å². The number of ether oxygens (including phenoxy) is 1. The first kappa shape index (κ1) is 26.4. The van der Waals surface area contributed by atoms with Crippen LogP contribution in [-0.4, -0.2) is 73.7 Å². The van der Waals surface area contributed by atoms with E-state index in [1.54, 1.807) is 18.4 Å². The Labute approximate surface area is 259 Å². The van der Waals surface area contributed by atoms with E-state index in [1.807, 2.05) is 40.9 Å². The highest BCUT2D eigenvalue weighted by Crippen LogP contribution is 2.41. The van der Waals surface area contributed by atoms with Crippen LogP contribution in [0.5, 0.6) is 5.75 Å². The van der Waals surface area contributed by atoms with Gasteiger partial charge in [-0.3, -0.25) is 4.79 Å². The number of methoxy groups -OCH3 is 1. The zero-order valence-corrected chi connectivity index (χ0v) is 25.6. The van der Waals surface area contributed by atoms with E-state index in [0.29, 0.717) is 29.1 Å². The van der Waals surface area contributed by atoms with Crippen LogP contribution in [-0.2, 0) is 13.1 Å². The first-order valence-electron chi connectivity index (χ1n) is 15.8. The van der Waals surface area contributed by atoms with Crippen molar-refractivity contribution in [1.29, 1.82) is 0 Å². The molecule has 2 aliphatic heterocycles. The molecule has 1 aromatic carbocycles. The summed E-state index contributed by atoms with van der Waals surface area (Å²) in [5.41, 5.74) is 10.9. The maximum Gasteiger partial charge on any atom is 0.254 e. The predicted molar refractivity (Wildman–Crippen MR) is 171 cm³/mol. The van der Waals surface area contributed by atoms with Crippen molar-refractivity contribution in [2.75, 3.05) is 31.6 Å². The van der Waals surface area contributed by atoms with Gasteiger partial charge in [-0.15, -0.1) is 11.3 Å². The minimum Gasteiger partial charge on any atom is -0.494 e. The molecule has 3 atom stereocenters. The molecule has 0 spiro atoms. The van der Waals surface area contributed by atoms with Gasteiger partial charge < -0.3 is 29.4 Å². The van der Waals surface area contributed by atoms with Gasteiger partial charge in [-0.2, -0.15) is 0 Å². The van der Waals surface area contributed by atoms with E-state index in [4.69, 9.17) is 20.4 Å². The van der Waals surface area contributed by atoms with Crippen molar-refractivity contribution in [3.05, 3.63) is 53.7 Å². The summed E-state index contributed by atoms with van der Waals surface area (Å²) in [7, 11) is 1.69. The zero-order valence-electron chi connectivity index (χ0n) is 24.8. The molecule has 4 aliphatic rings. The Kier molecular flexibility index (Phi) is 6.03. The van der Waals surface area contributed by atoms with Crippen molar-refractivity contribution in [1.82, 2.24) is 29.0 Å². The van der Waals surface area contributed by atoms with Crippen LogP contribution in [0.1, 0.15) is 36.0 Å². The van der Waals surface area contributed by atoms with Gasteiger partial charge >= 0.3 is 0 Å². The van der Waals surface area contributed by atoms with E-state index in [-0.39, 0.29) is 18.0 Å². The standard InChI is InChI=1S/C33H36N8O2S/c1-43-27-13-23(32(42)40-18-22-6-7-25(40)28(22)34)11-24-29(27)41(17-20-14-38(15-20)33-36-9-10-44-33)31(37-24)26-12-21-3-2-8-35-30(21)39(26)16-19-4-5-19/h2-3,8-13,19-20,22,25,28H,4-7,14-18,34H2,1H3/t22-,25-,28-/m1/s1. The molecule has 6 heterocycles. The third-order valence-electron chi connectivity index (χ3n) is 10.3. The van der Waals surface area contributed by atoms with Crippen molar-refractivity contribution >= 4 is 44.4 Å². The number of hydrogen-bond acceptors (Lipinski definition) is 8. The summed E-state index contributed by atoms with van der Waals surface area (Å²) < 4.78 is 10.7. The molecule has 2 saturated carbocycles. The average Bonchev–Trinajstić information content (AvgIpc) is 3.40. The fourth-order valence-electron chi connectivity index (χ4n) is 7.82. The molecule has 9 rings (SSSR count). The van der Waals surface area contributed by atoms with Gasteiger partial charge in [-0.05, 0) is 67.9 Å². The zero-order chi connectivity index (χ0) is 29.5. The van der Waals surface area contributed by atoms with Crippen LogP contribution >= 0.6 is 11.3 Å². The van der Waals surface area contributed by atoms with Crippen molar-refractivity contribution < 1.29 is 9.53 Å². The van der Waals surface area contributed by atoms with Gasteiger partial charge in [0.2, 0.25) is 0 Å². The molecule has 4 fully saturated rings. The van der Waals surface area contributed by atoms with Gasteiger partial charge in [0.25, 0.3) is 5.91 Å². The largest absolute Gasteiger partial charge is 0.494 e. The molecule has 2 N–H and O–H groups in total. The molecule has 4 aromatic heterocycles. The summed E-state index contributed by atoms with van der Waals surface area (Å²) in [4.78, 5) is 32.8. The number of aromatic nitrogens is 5. The number of anilines is 1. The van der Waals surface area contributed by atoms with Gasteiger partial charge in [0, 0.05) is 79.4 Å².